The maximum atomic E-state index is 12.8. The zero-order valence-electron chi connectivity index (χ0n) is 12.9. The number of halogens is 1. The summed E-state index contributed by atoms with van der Waals surface area (Å²) in [6, 6.07) is -0.765. The Balaban J connectivity index is 2.16. The molecule has 0 aliphatic carbocycles. The number of H-pyrrole nitrogens is 1. The summed E-state index contributed by atoms with van der Waals surface area (Å²) in [6.07, 6.45) is 2.63. The number of likely N-dealkylation sites (tertiary alicyclic amines) is 1. The number of aromatic nitrogens is 2. The predicted octanol–water partition coefficient (Wildman–Crippen LogP) is 2.11. The molecule has 7 nitrogen and oxygen atoms in total. The molecule has 22 heavy (non-hydrogen) atoms. The van der Waals surface area contributed by atoms with Crippen molar-refractivity contribution in [2.24, 2.45) is 5.92 Å². The third-order valence-electron chi connectivity index (χ3n) is 3.81. The summed E-state index contributed by atoms with van der Waals surface area (Å²) < 4.78 is 4.60. The Bertz CT molecular complexity index is 546. The first kappa shape index (κ1) is 16.6. The normalized spacial score (nSPS) is 19.3. The number of hydrogen-bond acceptors (Lipinski definition) is 4. The number of amides is 2. The van der Waals surface area contributed by atoms with Gasteiger partial charge in [-0.25, -0.2) is 9.78 Å². The predicted molar refractivity (Wildman–Crippen MR) is 81.5 cm³/mol. The lowest BCUT2D eigenvalue weighted by Gasteiger charge is -2.29. The van der Waals surface area contributed by atoms with Gasteiger partial charge in [-0.15, -0.1) is 0 Å². The van der Waals surface area contributed by atoms with Crippen LogP contribution in [0.1, 0.15) is 38.6 Å². The molecule has 2 rings (SSSR count). The number of hydrogen-bond donors (Lipinski definition) is 2. The van der Waals surface area contributed by atoms with Gasteiger partial charge in [-0.3, -0.25) is 4.79 Å². The van der Waals surface area contributed by atoms with Crippen molar-refractivity contribution in [3.8, 4) is 0 Å². The maximum Gasteiger partial charge on any atom is 0.407 e. The highest BCUT2D eigenvalue weighted by atomic mass is 35.5. The van der Waals surface area contributed by atoms with Crippen LogP contribution in [0.25, 0.3) is 0 Å². The van der Waals surface area contributed by atoms with E-state index in [1.165, 1.54) is 13.3 Å². The molecule has 1 aliphatic rings. The Morgan fingerprint density at radius 1 is 1.55 bits per heavy atom. The molecule has 0 aromatic carbocycles. The van der Waals surface area contributed by atoms with Gasteiger partial charge in [0.05, 0.1) is 19.3 Å². The minimum absolute atomic E-state index is 0.0481. The first-order chi connectivity index (χ1) is 10.4. The maximum absolute atomic E-state index is 12.8. The Hall–Kier alpha value is -1.76. The second-order valence-electron chi connectivity index (χ2n) is 5.66. The van der Waals surface area contributed by atoms with Crippen LogP contribution in [0.3, 0.4) is 0 Å². The second-order valence-corrected chi connectivity index (χ2v) is 6.07. The SMILES string of the molecule is COC(=O)N[C@H](C(=O)N1CCCC1c1ncc(Cl)[nH]1)C(C)C. The van der Waals surface area contributed by atoms with E-state index < -0.39 is 12.1 Å². The second kappa shape index (κ2) is 7.00. The van der Waals surface area contributed by atoms with Crippen molar-refractivity contribution < 1.29 is 14.3 Å². The fourth-order valence-corrected chi connectivity index (χ4v) is 2.82. The Morgan fingerprint density at radius 3 is 2.82 bits per heavy atom. The van der Waals surface area contributed by atoms with Crippen molar-refractivity contribution in [2.45, 2.75) is 38.8 Å². The summed E-state index contributed by atoms with van der Waals surface area (Å²) in [5.41, 5.74) is 0. The number of imidazole rings is 1. The van der Waals surface area contributed by atoms with Gasteiger partial charge < -0.3 is 19.9 Å². The minimum atomic E-state index is -0.626. The molecule has 2 amide bonds. The number of aromatic amines is 1. The van der Waals surface area contributed by atoms with Crippen molar-refractivity contribution in [1.82, 2.24) is 20.2 Å². The summed E-state index contributed by atoms with van der Waals surface area (Å²) >= 11 is 5.87. The van der Waals surface area contributed by atoms with Crippen LogP contribution in [0.2, 0.25) is 5.15 Å². The van der Waals surface area contributed by atoms with Crippen LogP contribution in [0, 0.1) is 5.92 Å². The topological polar surface area (TPSA) is 87.3 Å². The molecule has 1 aliphatic heterocycles. The van der Waals surface area contributed by atoms with Crippen LogP contribution in [0.5, 0.6) is 0 Å². The Labute approximate surface area is 134 Å². The summed E-state index contributed by atoms with van der Waals surface area (Å²) in [5.74, 6) is 0.500. The fraction of sp³-hybridized carbons (Fsp3) is 0.643. The zero-order valence-corrected chi connectivity index (χ0v) is 13.7. The summed E-state index contributed by atoms with van der Waals surface area (Å²) in [5, 5.41) is 3.06. The van der Waals surface area contributed by atoms with Crippen LogP contribution >= 0.6 is 11.6 Å². The van der Waals surface area contributed by atoms with E-state index in [9.17, 15) is 9.59 Å². The molecular formula is C14H21ClN4O3. The molecule has 0 radical (unpaired) electrons. The molecule has 0 spiro atoms. The van der Waals surface area contributed by atoms with Crippen molar-refractivity contribution in [2.75, 3.05) is 13.7 Å². The van der Waals surface area contributed by atoms with Gasteiger partial charge in [0.15, 0.2) is 0 Å². The van der Waals surface area contributed by atoms with Gasteiger partial charge in [0.1, 0.15) is 17.0 Å². The number of nitrogens with zero attached hydrogens (tertiary/aromatic N) is 2. The highest BCUT2D eigenvalue weighted by molar-refractivity contribution is 6.29. The average molecular weight is 329 g/mol. The standard InChI is InChI=1S/C14H21ClN4O3/c1-8(2)11(18-14(21)22-3)13(20)19-6-4-5-9(19)12-16-7-10(15)17-12/h7-9,11H,4-6H2,1-3H3,(H,16,17)(H,18,21)/t9?,11-/m0/s1. The molecule has 0 saturated carbocycles. The van der Waals surface area contributed by atoms with E-state index in [-0.39, 0.29) is 17.9 Å². The molecule has 2 atom stereocenters. The third-order valence-corrected chi connectivity index (χ3v) is 4.00. The van der Waals surface area contributed by atoms with Gasteiger partial charge in [0.25, 0.3) is 0 Å². The van der Waals surface area contributed by atoms with Crippen LogP contribution < -0.4 is 5.32 Å². The van der Waals surface area contributed by atoms with Crippen molar-refractivity contribution in [1.29, 1.82) is 0 Å². The third kappa shape index (κ3) is 3.52. The van der Waals surface area contributed by atoms with Gasteiger partial charge in [0.2, 0.25) is 5.91 Å². The average Bonchev–Trinajstić information content (AvgIpc) is 3.11. The van der Waals surface area contributed by atoms with Crippen molar-refractivity contribution >= 4 is 23.6 Å². The van der Waals surface area contributed by atoms with Crippen LogP contribution in [-0.4, -0.2) is 46.6 Å². The van der Waals surface area contributed by atoms with E-state index in [1.807, 2.05) is 13.8 Å². The van der Waals surface area contributed by atoms with Crippen LogP contribution in [0.15, 0.2) is 6.20 Å². The van der Waals surface area contributed by atoms with E-state index in [0.29, 0.717) is 17.5 Å². The summed E-state index contributed by atoms with van der Waals surface area (Å²) in [4.78, 5) is 33.2. The molecule has 1 fully saturated rings. The van der Waals surface area contributed by atoms with E-state index in [4.69, 9.17) is 11.6 Å². The summed E-state index contributed by atoms with van der Waals surface area (Å²) in [7, 11) is 1.28. The number of carbonyl (C=O) groups is 2. The summed E-state index contributed by atoms with van der Waals surface area (Å²) in [6.45, 7) is 4.40. The lowest BCUT2D eigenvalue weighted by Crippen LogP contribution is -2.51. The molecule has 1 aromatic heterocycles. The molecule has 1 unspecified atom stereocenters. The number of carbonyl (C=O) groups excluding carboxylic acids is 2. The molecule has 122 valence electrons. The monoisotopic (exact) mass is 328 g/mol. The van der Waals surface area contributed by atoms with Gasteiger partial charge in [-0.05, 0) is 18.8 Å². The molecule has 0 bridgehead atoms. The lowest BCUT2D eigenvalue weighted by atomic mass is 10.0. The molecule has 8 heteroatoms. The minimum Gasteiger partial charge on any atom is -0.453 e. The number of alkyl carbamates (subject to hydrolysis) is 1. The van der Waals surface area contributed by atoms with E-state index in [2.05, 4.69) is 20.0 Å². The Kier molecular flexibility index (Phi) is 5.28. The molecule has 2 heterocycles. The quantitative estimate of drug-likeness (QED) is 0.886. The molecule has 2 N–H and O–H groups in total. The molecule has 1 aromatic rings. The Morgan fingerprint density at radius 2 is 2.27 bits per heavy atom. The largest absolute Gasteiger partial charge is 0.453 e. The van der Waals surface area contributed by atoms with Gasteiger partial charge in [0, 0.05) is 6.54 Å². The van der Waals surface area contributed by atoms with Crippen molar-refractivity contribution in [3.63, 3.8) is 0 Å². The number of ether oxygens (including phenoxy) is 1. The number of rotatable bonds is 4. The van der Waals surface area contributed by atoms with Crippen LogP contribution in [0.4, 0.5) is 4.79 Å². The van der Waals surface area contributed by atoms with Crippen molar-refractivity contribution in [3.05, 3.63) is 17.2 Å². The van der Waals surface area contributed by atoms with E-state index in [1.54, 1.807) is 4.90 Å². The van der Waals surface area contributed by atoms with E-state index >= 15 is 0 Å². The molecular weight excluding hydrogens is 308 g/mol. The highest BCUT2D eigenvalue weighted by Gasteiger charge is 2.37. The lowest BCUT2D eigenvalue weighted by molar-refractivity contribution is -0.135. The van der Waals surface area contributed by atoms with E-state index in [0.717, 1.165) is 12.8 Å². The highest BCUT2D eigenvalue weighted by Crippen LogP contribution is 2.31. The number of nitrogens with one attached hydrogen (secondary N) is 2. The smallest absolute Gasteiger partial charge is 0.407 e. The molecule has 1 saturated heterocycles. The van der Waals surface area contributed by atoms with Crippen LogP contribution in [-0.2, 0) is 9.53 Å². The van der Waals surface area contributed by atoms with Gasteiger partial charge >= 0.3 is 6.09 Å². The van der Waals surface area contributed by atoms with Gasteiger partial charge in [-0.1, -0.05) is 25.4 Å². The number of methoxy groups -OCH3 is 1. The first-order valence-electron chi connectivity index (χ1n) is 7.29. The van der Waals surface area contributed by atoms with Gasteiger partial charge in [-0.2, -0.15) is 0 Å². The first-order valence-corrected chi connectivity index (χ1v) is 7.67. The zero-order chi connectivity index (χ0) is 16.3. The fourth-order valence-electron chi connectivity index (χ4n) is 2.68.